The Balaban J connectivity index is 2.12. The molecular weight excluding hydrogens is 208 g/mol. The smallest absolute Gasteiger partial charge is 0.0992 e. The fraction of sp³-hybridized carbons (Fsp3) is 0.533. The molecule has 1 aromatic carbocycles. The molecule has 0 saturated carbocycles. The fourth-order valence-electron chi connectivity index (χ4n) is 1.84. The molecule has 0 heterocycles. The molecule has 17 heavy (non-hydrogen) atoms. The lowest BCUT2D eigenvalue weighted by atomic mass is 10.1. The van der Waals surface area contributed by atoms with Crippen LogP contribution in [-0.2, 0) is 0 Å². The van der Waals surface area contributed by atoms with Crippen molar-refractivity contribution < 1.29 is 0 Å². The highest BCUT2D eigenvalue weighted by atomic mass is 14.9. The van der Waals surface area contributed by atoms with Crippen LogP contribution in [0, 0.1) is 11.3 Å². The fourth-order valence-corrected chi connectivity index (χ4v) is 1.84. The number of nitrogens with one attached hydrogen (secondary N) is 1. The average molecular weight is 230 g/mol. The zero-order chi connectivity index (χ0) is 12.3. The Morgan fingerprint density at radius 2 is 1.88 bits per heavy atom. The summed E-state index contributed by atoms with van der Waals surface area (Å²) in [4.78, 5) is 0. The van der Waals surface area contributed by atoms with E-state index in [4.69, 9.17) is 5.26 Å². The summed E-state index contributed by atoms with van der Waals surface area (Å²) in [5.74, 6) is 0. The molecule has 2 nitrogen and oxygen atoms in total. The molecule has 92 valence electrons. The van der Waals surface area contributed by atoms with Crippen LogP contribution in [0.1, 0.15) is 51.0 Å². The van der Waals surface area contributed by atoms with E-state index in [2.05, 4.69) is 18.3 Å². The Kier molecular flexibility index (Phi) is 6.90. The van der Waals surface area contributed by atoms with E-state index in [1.165, 1.54) is 38.5 Å². The molecule has 0 unspecified atom stereocenters. The van der Waals surface area contributed by atoms with Gasteiger partial charge < -0.3 is 5.32 Å². The van der Waals surface area contributed by atoms with Crippen molar-refractivity contribution in [3.63, 3.8) is 0 Å². The van der Waals surface area contributed by atoms with Gasteiger partial charge in [-0.3, -0.25) is 0 Å². The van der Waals surface area contributed by atoms with Crippen LogP contribution in [0.2, 0.25) is 0 Å². The average Bonchev–Trinajstić information content (AvgIpc) is 2.38. The van der Waals surface area contributed by atoms with Crippen molar-refractivity contribution in [1.29, 1.82) is 5.26 Å². The second-order valence-corrected chi connectivity index (χ2v) is 4.39. The standard InChI is InChI=1S/C15H22N2/c1-2-3-4-5-6-7-11-17-15-10-8-9-14(12-15)13-16/h8-10,12,17H,2-7,11H2,1H3. The van der Waals surface area contributed by atoms with Gasteiger partial charge in [0.05, 0.1) is 11.6 Å². The summed E-state index contributed by atoms with van der Waals surface area (Å²) >= 11 is 0. The summed E-state index contributed by atoms with van der Waals surface area (Å²) in [6.07, 6.45) is 7.87. The van der Waals surface area contributed by atoms with Gasteiger partial charge in [-0.15, -0.1) is 0 Å². The quantitative estimate of drug-likeness (QED) is 0.675. The van der Waals surface area contributed by atoms with Crippen LogP contribution in [0.3, 0.4) is 0 Å². The van der Waals surface area contributed by atoms with E-state index in [1.807, 2.05) is 24.3 Å². The molecule has 2 heteroatoms. The minimum atomic E-state index is 0.720. The van der Waals surface area contributed by atoms with E-state index >= 15 is 0 Å². The number of nitrogens with zero attached hydrogens (tertiary/aromatic N) is 1. The van der Waals surface area contributed by atoms with E-state index in [-0.39, 0.29) is 0 Å². The molecule has 0 amide bonds. The summed E-state index contributed by atoms with van der Waals surface area (Å²) in [7, 11) is 0. The minimum absolute atomic E-state index is 0.720. The molecule has 0 bridgehead atoms. The van der Waals surface area contributed by atoms with Gasteiger partial charge in [0.2, 0.25) is 0 Å². The van der Waals surface area contributed by atoms with Crippen molar-refractivity contribution in [1.82, 2.24) is 0 Å². The topological polar surface area (TPSA) is 35.8 Å². The highest BCUT2D eigenvalue weighted by Gasteiger charge is 1.94. The molecule has 0 aromatic heterocycles. The van der Waals surface area contributed by atoms with Crippen LogP contribution in [0.25, 0.3) is 0 Å². The van der Waals surface area contributed by atoms with Gasteiger partial charge in [0.1, 0.15) is 0 Å². The highest BCUT2D eigenvalue weighted by molar-refractivity contribution is 5.48. The van der Waals surface area contributed by atoms with Crippen LogP contribution in [-0.4, -0.2) is 6.54 Å². The highest BCUT2D eigenvalue weighted by Crippen LogP contribution is 2.10. The Hall–Kier alpha value is -1.49. The van der Waals surface area contributed by atoms with E-state index in [0.717, 1.165) is 17.8 Å². The maximum Gasteiger partial charge on any atom is 0.0992 e. The lowest BCUT2D eigenvalue weighted by Crippen LogP contribution is -2.01. The van der Waals surface area contributed by atoms with Gasteiger partial charge in [-0.1, -0.05) is 45.1 Å². The van der Waals surface area contributed by atoms with Crippen molar-refractivity contribution in [3.8, 4) is 6.07 Å². The number of hydrogen-bond acceptors (Lipinski definition) is 2. The number of hydrogen-bond donors (Lipinski definition) is 1. The number of benzene rings is 1. The van der Waals surface area contributed by atoms with Crippen molar-refractivity contribution in [2.45, 2.75) is 45.4 Å². The van der Waals surface area contributed by atoms with Crippen LogP contribution < -0.4 is 5.32 Å². The van der Waals surface area contributed by atoms with Gasteiger partial charge in [0, 0.05) is 12.2 Å². The first-order chi connectivity index (χ1) is 8.36. The second-order valence-electron chi connectivity index (χ2n) is 4.39. The first kappa shape index (κ1) is 13.6. The van der Waals surface area contributed by atoms with Gasteiger partial charge in [-0.25, -0.2) is 0 Å². The van der Waals surface area contributed by atoms with Gasteiger partial charge in [-0.2, -0.15) is 5.26 Å². The third kappa shape index (κ3) is 5.97. The molecule has 0 fully saturated rings. The van der Waals surface area contributed by atoms with Crippen molar-refractivity contribution >= 4 is 5.69 Å². The summed E-state index contributed by atoms with van der Waals surface area (Å²) < 4.78 is 0. The molecule has 1 rings (SSSR count). The van der Waals surface area contributed by atoms with Crippen molar-refractivity contribution in [2.75, 3.05) is 11.9 Å². The summed E-state index contributed by atoms with van der Waals surface area (Å²) in [5.41, 5.74) is 1.77. The maximum atomic E-state index is 8.78. The zero-order valence-electron chi connectivity index (χ0n) is 10.7. The molecule has 0 spiro atoms. The Bertz CT molecular complexity index is 352. The normalized spacial score (nSPS) is 9.88. The van der Waals surface area contributed by atoms with Crippen LogP contribution >= 0.6 is 0 Å². The van der Waals surface area contributed by atoms with Crippen molar-refractivity contribution in [2.24, 2.45) is 0 Å². The third-order valence-electron chi connectivity index (χ3n) is 2.85. The van der Waals surface area contributed by atoms with Gasteiger partial charge in [-0.05, 0) is 24.6 Å². The Morgan fingerprint density at radius 3 is 2.65 bits per heavy atom. The largest absolute Gasteiger partial charge is 0.385 e. The lowest BCUT2D eigenvalue weighted by molar-refractivity contribution is 0.617. The monoisotopic (exact) mass is 230 g/mol. The summed E-state index contributed by atoms with van der Waals surface area (Å²) in [5, 5.41) is 12.1. The van der Waals surface area contributed by atoms with Crippen LogP contribution in [0.4, 0.5) is 5.69 Å². The summed E-state index contributed by atoms with van der Waals surface area (Å²) in [6.45, 7) is 3.24. The SMILES string of the molecule is CCCCCCCCNc1cccc(C#N)c1. The van der Waals surface area contributed by atoms with Gasteiger partial charge in [0.25, 0.3) is 0 Å². The Labute approximate surface area is 105 Å². The first-order valence-electron chi connectivity index (χ1n) is 6.61. The maximum absolute atomic E-state index is 8.78. The lowest BCUT2D eigenvalue weighted by Gasteiger charge is -2.06. The molecule has 0 atom stereocenters. The first-order valence-corrected chi connectivity index (χ1v) is 6.61. The predicted molar refractivity (Wildman–Crippen MR) is 73.0 cm³/mol. The van der Waals surface area contributed by atoms with Gasteiger partial charge in [0.15, 0.2) is 0 Å². The summed E-state index contributed by atoms with van der Waals surface area (Å²) in [6, 6.07) is 9.81. The van der Waals surface area contributed by atoms with Crippen LogP contribution in [0.15, 0.2) is 24.3 Å². The number of anilines is 1. The number of rotatable bonds is 8. The molecule has 0 radical (unpaired) electrons. The zero-order valence-corrected chi connectivity index (χ0v) is 10.7. The van der Waals surface area contributed by atoms with E-state index in [9.17, 15) is 0 Å². The third-order valence-corrected chi connectivity index (χ3v) is 2.85. The van der Waals surface area contributed by atoms with E-state index in [1.54, 1.807) is 0 Å². The molecular formula is C15H22N2. The van der Waals surface area contributed by atoms with E-state index in [0.29, 0.717) is 0 Å². The molecule has 1 aromatic rings. The number of unbranched alkanes of at least 4 members (excludes halogenated alkanes) is 5. The number of nitriles is 1. The minimum Gasteiger partial charge on any atom is -0.385 e. The predicted octanol–water partition coefficient (Wildman–Crippen LogP) is 4.33. The Morgan fingerprint density at radius 1 is 1.12 bits per heavy atom. The van der Waals surface area contributed by atoms with E-state index < -0.39 is 0 Å². The van der Waals surface area contributed by atoms with Gasteiger partial charge >= 0.3 is 0 Å². The van der Waals surface area contributed by atoms with Crippen molar-refractivity contribution in [3.05, 3.63) is 29.8 Å². The molecule has 0 aliphatic rings. The second kappa shape index (κ2) is 8.64. The molecule has 0 saturated heterocycles. The molecule has 0 aliphatic carbocycles. The molecule has 1 N–H and O–H groups in total. The molecule has 0 aliphatic heterocycles. The van der Waals surface area contributed by atoms with Crippen LogP contribution in [0.5, 0.6) is 0 Å².